The third kappa shape index (κ3) is 3.89. The second-order valence-corrected chi connectivity index (χ2v) is 6.48. The predicted octanol–water partition coefficient (Wildman–Crippen LogP) is 2.33. The van der Waals surface area contributed by atoms with E-state index in [1.54, 1.807) is 12.1 Å². The molecule has 0 radical (unpaired) electrons. The lowest BCUT2D eigenvalue weighted by Gasteiger charge is -2.48. The highest BCUT2D eigenvalue weighted by molar-refractivity contribution is 6.30. The molecule has 2 aliphatic rings. The van der Waals surface area contributed by atoms with Gasteiger partial charge in [-0.3, -0.25) is 4.90 Å². The SMILES string of the molecule is OC(COc1ccc(Cl)cc1)CN1CCOC2(CCC2)C1. The number of β-amino-alcohol motifs (C(OH)–C–C–N with tert-alkyl or cyclic N) is 1. The van der Waals surface area contributed by atoms with Gasteiger partial charge < -0.3 is 14.6 Å². The normalized spacial score (nSPS) is 22.8. The molecule has 1 unspecified atom stereocenters. The first kappa shape index (κ1) is 15.1. The van der Waals surface area contributed by atoms with Crippen molar-refractivity contribution in [3.63, 3.8) is 0 Å². The summed E-state index contributed by atoms with van der Waals surface area (Å²) in [6, 6.07) is 7.19. The lowest BCUT2D eigenvalue weighted by Crippen LogP contribution is -2.57. The Balaban J connectivity index is 1.43. The first-order valence-corrected chi connectivity index (χ1v) is 7.96. The Bertz CT molecular complexity index is 461. The predicted molar refractivity (Wildman–Crippen MR) is 81.9 cm³/mol. The quantitative estimate of drug-likeness (QED) is 0.906. The number of hydrogen-bond acceptors (Lipinski definition) is 4. The molecule has 1 spiro atoms. The monoisotopic (exact) mass is 311 g/mol. The molecule has 2 fully saturated rings. The molecule has 1 heterocycles. The largest absolute Gasteiger partial charge is 0.491 e. The summed E-state index contributed by atoms with van der Waals surface area (Å²) in [6.45, 7) is 3.53. The maximum atomic E-state index is 10.1. The Labute approximate surface area is 130 Å². The van der Waals surface area contributed by atoms with Crippen molar-refractivity contribution < 1.29 is 14.6 Å². The Morgan fingerprint density at radius 2 is 2.10 bits per heavy atom. The van der Waals surface area contributed by atoms with E-state index in [2.05, 4.69) is 4.90 Å². The van der Waals surface area contributed by atoms with Gasteiger partial charge in [0.1, 0.15) is 18.5 Å². The third-order valence-corrected chi connectivity index (χ3v) is 4.57. The van der Waals surface area contributed by atoms with Gasteiger partial charge in [-0.05, 0) is 43.5 Å². The summed E-state index contributed by atoms with van der Waals surface area (Å²) < 4.78 is 11.5. The van der Waals surface area contributed by atoms with Crippen LogP contribution in [0.1, 0.15) is 19.3 Å². The van der Waals surface area contributed by atoms with Crippen molar-refractivity contribution in [2.24, 2.45) is 0 Å². The highest BCUT2D eigenvalue weighted by Crippen LogP contribution is 2.38. The number of hydrogen-bond donors (Lipinski definition) is 1. The second kappa shape index (κ2) is 6.53. The third-order valence-electron chi connectivity index (χ3n) is 4.32. The van der Waals surface area contributed by atoms with E-state index in [1.807, 2.05) is 12.1 Å². The molecule has 0 aromatic heterocycles. The number of aliphatic hydroxyl groups is 1. The minimum absolute atomic E-state index is 0.0784. The Hall–Kier alpha value is -0.810. The molecule has 4 nitrogen and oxygen atoms in total. The van der Waals surface area contributed by atoms with Crippen molar-refractivity contribution in [2.75, 3.05) is 32.8 Å². The number of morpholine rings is 1. The molecular weight excluding hydrogens is 290 g/mol. The van der Waals surface area contributed by atoms with E-state index in [9.17, 15) is 5.11 Å². The zero-order valence-electron chi connectivity index (χ0n) is 12.1. The van der Waals surface area contributed by atoms with Crippen LogP contribution in [-0.2, 0) is 4.74 Å². The maximum Gasteiger partial charge on any atom is 0.119 e. The molecule has 0 bridgehead atoms. The van der Waals surface area contributed by atoms with E-state index in [0.29, 0.717) is 18.2 Å². The minimum atomic E-state index is -0.490. The topological polar surface area (TPSA) is 41.9 Å². The van der Waals surface area contributed by atoms with Gasteiger partial charge in [-0.15, -0.1) is 0 Å². The van der Waals surface area contributed by atoms with Crippen molar-refractivity contribution in [2.45, 2.75) is 31.0 Å². The summed E-state index contributed by atoms with van der Waals surface area (Å²) in [5.41, 5.74) is 0.0784. The summed E-state index contributed by atoms with van der Waals surface area (Å²) in [4.78, 5) is 2.29. The Kier molecular flexibility index (Phi) is 4.69. The molecule has 116 valence electrons. The van der Waals surface area contributed by atoms with E-state index < -0.39 is 6.10 Å². The lowest BCUT2D eigenvalue weighted by molar-refractivity contribution is -0.155. The van der Waals surface area contributed by atoms with Crippen LogP contribution in [0.2, 0.25) is 5.02 Å². The van der Waals surface area contributed by atoms with Gasteiger partial charge in [-0.25, -0.2) is 0 Å². The van der Waals surface area contributed by atoms with Gasteiger partial charge in [0.2, 0.25) is 0 Å². The van der Waals surface area contributed by atoms with Crippen LogP contribution >= 0.6 is 11.6 Å². The number of halogens is 1. The first-order valence-electron chi connectivity index (χ1n) is 7.58. The van der Waals surface area contributed by atoms with E-state index in [-0.39, 0.29) is 5.60 Å². The van der Waals surface area contributed by atoms with Gasteiger partial charge >= 0.3 is 0 Å². The fourth-order valence-corrected chi connectivity index (χ4v) is 3.15. The van der Waals surface area contributed by atoms with Crippen LogP contribution in [0.15, 0.2) is 24.3 Å². The lowest BCUT2D eigenvalue weighted by atomic mass is 9.79. The number of rotatable bonds is 5. The van der Waals surface area contributed by atoms with Gasteiger partial charge in [-0.2, -0.15) is 0 Å². The maximum absolute atomic E-state index is 10.1. The number of nitrogens with zero attached hydrogens (tertiary/aromatic N) is 1. The molecule has 1 saturated heterocycles. The van der Waals surface area contributed by atoms with Gasteiger partial charge in [-0.1, -0.05) is 11.6 Å². The molecular formula is C16H22ClNO3. The highest BCUT2D eigenvalue weighted by atomic mass is 35.5. The Morgan fingerprint density at radius 1 is 1.33 bits per heavy atom. The molecule has 5 heteroatoms. The zero-order chi connectivity index (χ0) is 14.7. The van der Waals surface area contributed by atoms with Gasteiger partial charge in [0, 0.05) is 24.7 Å². The summed E-state index contributed by atoms with van der Waals surface area (Å²) in [5, 5.41) is 10.8. The average molecular weight is 312 g/mol. The van der Waals surface area contributed by atoms with Crippen LogP contribution in [0.25, 0.3) is 0 Å². The molecule has 1 saturated carbocycles. The van der Waals surface area contributed by atoms with Crippen LogP contribution in [-0.4, -0.2) is 54.6 Å². The average Bonchev–Trinajstić information content (AvgIpc) is 2.45. The smallest absolute Gasteiger partial charge is 0.119 e. The Morgan fingerprint density at radius 3 is 2.76 bits per heavy atom. The second-order valence-electron chi connectivity index (χ2n) is 6.04. The van der Waals surface area contributed by atoms with Gasteiger partial charge in [0.15, 0.2) is 0 Å². The summed E-state index contributed by atoms with van der Waals surface area (Å²) in [6.07, 6.45) is 3.08. The van der Waals surface area contributed by atoms with Crippen molar-refractivity contribution >= 4 is 11.6 Å². The number of ether oxygens (including phenoxy) is 2. The molecule has 1 aliphatic heterocycles. The van der Waals surface area contributed by atoms with Gasteiger partial charge in [0.25, 0.3) is 0 Å². The highest BCUT2D eigenvalue weighted by Gasteiger charge is 2.42. The van der Waals surface area contributed by atoms with Crippen LogP contribution in [0.4, 0.5) is 0 Å². The van der Waals surface area contributed by atoms with Crippen molar-refractivity contribution in [1.29, 1.82) is 0 Å². The van der Waals surface area contributed by atoms with Crippen LogP contribution in [0.5, 0.6) is 5.75 Å². The number of benzene rings is 1. The summed E-state index contributed by atoms with van der Waals surface area (Å²) in [7, 11) is 0. The molecule has 1 atom stereocenters. The fraction of sp³-hybridized carbons (Fsp3) is 0.625. The van der Waals surface area contributed by atoms with Gasteiger partial charge in [0.05, 0.1) is 12.2 Å². The molecule has 0 amide bonds. The van der Waals surface area contributed by atoms with Crippen LogP contribution in [0, 0.1) is 0 Å². The fourth-order valence-electron chi connectivity index (χ4n) is 3.03. The molecule has 1 aliphatic carbocycles. The molecule has 21 heavy (non-hydrogen) atoms. The van der Waals surface area contributed by atoms with E-state index >= 15 is 0 Å². The molecule has 3 rings (SSSR count). The molecule has 1 aromatic rings. The van der Waals surface area contributed by atoms with E-state index in [0.717, 1.165) is 38.3 Å². The minimum Gasteiger partial charge on any atom is -0.491 e. The zero-order valence-corrected chi connectivity index (χ0v) is 12.9. The standard InChI is InChI=1S/C16H22ClNO3/c17-13-2-4-15(5-3-13)20-11-14(19)10-18-8-9-21-16(12-18)6-1-7-16/h2-5,14,19H,1,6-12H2. The summed E-state index contributed by atoms with van der Waals surface area (Å²) in [5.74, 6) is 0.732. The molecule has 1 aromatic carbocycles. The summed E-state index contributed by atoms with van der Waals surface area (Å²) >= 11 is 5.83. The first-order chi connectivity index (χ1) is 10.2. The van der Waals surface area contributed by atoms with Crippen molar-refractivity contribution in [1.82, 2.24) is 4.90 Å². The van der Waals surface area contributed by atoms with E-state index in [1.165, 1.54) is 6.42 Å². The number of aliphatic hydroxyl groups excluding tert-OH is 1. The van der Waals surface area contributed by atoms with E-state index in [4.69, 9.17) is 21.1 Å². The molecule has 1 N–H and O–H groups in total. The van der Waals surface area contributed by atoms with Crippen molar-refractivity contribution in [3.05, 3.63) is 29.3 Å². The van der Waals surface area contributed by atoms with Crippen LogP contribution in [0.3, 0.4) is 0 Å². The van der Waals surface area contributed by atoms with Crippen LogP contribution < -0.4 is 4.74 Å². The van der Waals surface area contributed by atoms with Crippen molar-refractivity contribution in [3.8, 4) is 5.75 Å².